The third-order valence-corrected chi connectivity index (χ3v) is 2.41. The first-order chi connectivity index (χ1) is 8.38. The van der Waals surface area contributed by atoms with E-state index in [0.29, 0.717) is 5.56 Å². The van der Waals surface area contributed by atoms with Crippen LogP contribution in [0.1, 0.15) is 11.1 Å². The normalized spacial score (nSPS) is 9.89. The van der Waals surface area contributed by atoms with Gasteiger partial charge >= 0.3 is 5.97 Å². The number of nitro groups is 1. The Morgan fingerprint density at radius 2 is 2.06 bits per heavy atom. The van der Waals surface area contributed by atoms with E-state index in [0.717, 1.165) is 0 Å². The maximum atomic E-state index is 11.2. The van der Waals surface area contributed by atoms with Gasteiger partial charge in [-0.15, -0.1) is 0 Å². The number of Topliss-reactive ketones (excluding diaryl/α,β-unsaturated/α-hetero) is 1. The number of ether oxygens (including phenoxy) is 1. The van der Waals surface area contributed by atoms with Crippen LogP contribution in [0.4, 0.5) is 5.69 Å². The number of hydrogen-bond donors (Lipinski definition) is 1. The van der Waals surface area contributed by atoms with Crippen molar-refractivity contribution in [2.45, 2.75) is 13.3 Å². The van der Waals surface area contributed by atoms with Crippen LogP contribution in [0, 0.1) is 17.0 Å². The fourth-order valence-electron chi connectivity index (χ4n) is 1.60. The average molecular weight is 253 g/mol. The van der Waals surface area contributed by atoms with Crippen molar-refractivity contribution in [3.63, 3.8) is 0 Å². The van der Waals surface area contributed by atoms with Crippen LogP contribution in [-0.4, -0.2) is 28.9 Å². The molecule has 96 valence electrons. The van der Waals surface area contributed by atoms with Crippen molar-refractivity contribution in [3.8, 4) is 5.75 Å². The first kappa shape index (κ1) is 13.6. The molecular formula is C11H11NO6. The second kappa shape index (κ2) is 5.26. The summed E-state index contributed by atoms with van der Waals surface area (Å²) >= 11 is 0. The first-order valence-corrected chi connectivity index (χ1v) is 4.95. The first-order valence-electron chi connectivity index (χ1n) is 4.95. The van der Waals surface area contributed by atoms with Gasteiger partial charge in [0, 0.05) is 6.07 Å². The monoisotopic (exact) mass is 253 g/mol. The molecule has 0 saturated carbocycles. The van der Waals surface area contributed by atoms with Crippen molar-refractivity contribution < 1.29 is 24.4 Å². The summed E-state index contributed by atoms with van der Waals surface area (Å²) < 4.78 is 5.00. The quantitative estimate of drug-likeness (QED) is 0.478. The summed E-state index contributed by atoms with van der Waals surface area (Å²) in [7, 11) is 1.31. The zero-order valence-corrected chi connectivity index (χ0v) is 9.80. The Morgan fingerprint density at radius 1 is 1.44 bits per heavy atom. The number of aliphatic carboxylic acids is 1. The SMILES string of the molecule is COc1c(C)ccc([N+](=O)[O-])c1CC(=O)C(=O)O. The molecule has 7 nitrogen and oxygen atoms in total. The summed E-state index contributed by atoms with van der Waals surface area (Å²) in [4.78, 5) is 31.9. The number of nitrogens with zero attached hydrogens (tertiary/aromatic N) is 1. The van der Waals surface area contributed by atoms with E-state index < -0.39 is 23.1 Å². The van der Waals surface area contributed by atoms with Crippen molar-refractivity contribution >= 4 is 17.4 Å². The molecule has 0 radical (unpaired) electrons. The van der Waals surface area contributed by atoms with Gasteiger partial charge in [-0.05, 0) is 18.6 Å². The summed E-state index contributed by atoms with van der Waals surface area (Å²) in [5, 5.41) is 19.4. The van der Waals surface area contributed by atoms with E-state index in [9.17, 15) is 19.7 Å². The lowest BCUT2D eigenvalue weighted by molar-refractivity contribution is -0.385. The number of carbonyl (C=O) groups is 2. The van der Waals surface area contributed by atoms with Crippen LogP contribution in [0.5, 0.6) is 5.75 Å². The van der Waals surface area contributed by atoms with Crippen molar-refractivity contribution in [3.05, 3.63) is 33.4 Å². The Bertz CT molecular complexity index is 523. The highest BCUT2D eigenvalue weighted by Gasteiger charge is 2.25. The number of aryl methyl sites for hydroxylation is 1. The molecule has 1 aromatic rings. The molecule has 0 bridgehead atoms. The number of ketones is 1. The molecule has 7 heteroatoms. The molecule has 0 fully saturated rings. The van der Waals surface area contributed by atoms with Gasteiger partial charge in [0.25, 0.3) is 5.69 Å². The summed E-state index contributed by atoms with van der Waals surface area (Å²) in [5.41, 5.74) is 0.248. The minimum Gasteiger partial charge on any atom is -0.496 e. The Hall–Kier alpha value is -2.44. The van der Waals surface area contributed by atoms with Gasteiger partial charge in [0.2, 0.25) is 5.78 Å². The molecule has 0 aliphatic heterocycles. The van der Waals surface area contributed by atoms with E-state index in [1.165, 1.54) is 19.2 Å². The topological polar surface area (TPSA) is 107 Å². The minimum absolute atomic E-state index is 0.0186. The van der Waals surface area contributed by atoms with Gasteiger partial charge < -0.3 is 9.84 Å². The van der Waals surface area contributed by atoms with Gasteiger partial charge in [-0.1, -0.05) is 0 Å². The number of nitro benzene ring substituents is 1. The molecule has 0 spiro atoms. The van der Waals surface area contributed by atoms with E-state index in [1.54, 1.807) is 6.92 Å². The lowest BCUT2D eigenvalue weighted by Crippen LogP contribution is -2.16. The molecule has 0 atom stereocenters. The summed E-state index contributed by atoms with van der Waals surface area (Å²) in [6.07, 6.45) is -0.573. The highest BCUT2D eigenvalue weighted by atomic mass is 16.6. The number of hydrogen-bond acceptors (Lipinski definition) is 5. The van der Waals surface area contributed by atoms with Crippen LogP contribution in [0.2, 0.25) is 0 Å². The predicted octanol–water partition coefficient (Wildman–Crippen LogP) is 1.11. The molecule has 18 heavy (non-hydrogen) atoms. The largest absolute Gasteiger partial charge is 0.496 e. The predicted molar refractivity (Wildman–Crippen MR) is 60.7 cm³/mol. The Labute approximate surface area is 102 Å². The van der Waals surface area contributed by atoms with Crippen LogP contribution >= 0.6 is 0 Å². The molecule has 1 aromatic carbocycles. The molecule has 0 unspecified atom stereocenters. The second-order valence-electron chi connectivity index (χ2n) is 3.58. The molecular weight excluding hydrogens is 242 g/mol. The summed E-state index contributed by atoms with van der Waals surface area (Å²) in [6, 6.07) is 2.70. The Kier molecular flexibility index (Phi) is 3.98. The number of methoxy groups -OCH3 is 1. The zero-order chi connectivity index (χ0) is 13.9. The van der Waals surface area contributed by atoms with E-state index in [4.69, 9.17) is 9.84 Å². The average Bonchev–Trinajstić information content (AvgIpc) is 2.28. The molecule has 0 heterocycles. The van der Waals surface area contributed by atoms with Gasteiger partial charge in [0.1, 0.15) is 5.75 Å². The van der Waals surface area contributed by atoms with Crippen molar-refractivity contribution in [2.75, 3.05) is 7.11 Å². The van der Waals surface area contributed by atoms with Crippen molar-refractivity contribution in [1.82, 2.24) is 0 Å². The molecule has 1 rings (SSSR count). The van der Waals surface area contributed by atoms with Crippen LogP contribution < -0.4 is 4.74 Å². The molecule has 0 aliphatic rings. The highest BCUT2D eigenvalue weighted by molar-refractivity contribution is 6.33. The fourth-order valence-corrected chi connectivity index (χ4v) is 1.60. The van der Waals surface area contributed by atoms with Crippen molar-refractivity contribution in [2.24, 2.45) is 0 Å². The second-order valence-corrected chi connectivity index (χ2v) is 3.58. The Morgan fingerprint density at radius 3 is 2.50 bits per heavy atom. The van der Waals surface area contributed by atoms with Gasteiger partial charge in [-0.25, -0.2) is 4.79 Å². The van der Waals surface area contributed by atoms with Gasteiger partial charge in [-0.2, -0.15) is 0 Å². The summed E-state index contributed by atoms with van der Waals surface area (Å²) in [6.45, 7) is 1.65. The number of rotatable bonds is 5. The lowest BCUT2D eigenvalue weighted by Gasteiger charge is -2.10. The van der Waals surface area contributed by atoms with Crippen LogP contribution in [0.3, 0.4) is 0 Å². The van der Waals surface area contributed by atoms with Gasteiger partial charge in [-0.3, -0.25) is 14.9 Å². The third-order valence-electron chi connectivity index (χ3n) is 2.41. The lowest BCUT2D eigenvalue weighted by atomic mass is 10.0. The van der Waals surface area contributed by atoms with E-state index in [2.05, 4.69) is 0 Å². The van der Waals surface area contributed by atoms with E-state index in [-0.39, 0.29) is 17.0 Å². The van der Waals surface area contributed by atoms with Crippen LogP contribution in [0.15, 0.2) is 12.1 Å². The van der Waals surface area contributed by atoms with Crippen molar-refractivity contribution in [1.29, 1.82) is 0 Å². The number of benzene rings is 1. The van der Waals surface area contributed by atoms with E-state index >= 15 is 0 Å². The smallest absolute Gasteiger partial charge is 0.372 e. The molecule has 0 saturated heterocycles. The maximum Gasteiger partial charge on any atom is 0.372 e. The number of carboxylic acids is 1. The fraction of sp³-hybridized carbons (Fsp3) is 0.273. The standard InChI is InChI=1S/C11H11NO6/c1-6-3-4-8(12(16)17)7(10(6)18-2)5-9(13)11(14)15/h3-4H,5H2,1-2H3,(H,14,15). The summed E-state index contributed by atoms with van der Waals surface area (Å²) in [5.74, 6) is -2.59. The molecule has 1 N–H and O–H groups in total. The molecule has 0 aliphatic carbocycles. The van der Waals surface area contributed by atoms with Crippen LogP contribution in [0.25, 0.3) is 0 Å². The zero-order valence-electron chi connectivity index (χ0n) is 9.80. The third kappa shape index (κ3) is 2.62. The number of carbonyl (C=O) groups excluding carboxylic acids is 1. The van der Waals surface area contributed by atoms with Gasteiger partial charge in [0.15, 0.2) is 0 Å². The highest BCUT2D eigenvalue weighted by Crippen LogP contribution is 2.32. The minimum atomic E-state index is -1.63. The van der Waals surface area contributed by atoms with Crippen LogP contribution in [-0.2, 0) is 16.0 Å². The maximum absolute atomic E-state index is 11.2. The Balaban J connectivity index is 3.36. The molecule has 0 aromatic heterocycles. The van der Waals surface area contributed by atoms with E-state index in [1.807, 2.05) is 0 Å². The van der Waals surface area contributed by atoms with Gasteiger partial charge in [0.05, 0.1) is 24.0 Å². The molecule has 0 amide bonds. The number of carboxylic acid groups (broad SMARTS) is 1.